The molecule has 0 aromatic heterocycles. The first-order valence-electron chi connectivity index (χ1n) is 4.50. The van der Waals surface area contributed by atoms with Gasteiger partial charge in [0.1, 0.15) is 11.8 Å². The molecule has 0 aliphatic carbocycles. The summed E-state index contributed by atoms with van der Waals surface area (Å²) in [7, 11) is 1.52. The first kappa shape index (κ1) is 14.0. The number of rotatable bonds is 5. The van der Waals surface area contributed by atoms with E-state index in [1.54, 1.807) is 0 Å². The van der Waals surface area contributed by atoms with Gasteiger partial charge in [0.05, 0.1) is 6.54 Å². The average Bonchev–Trinajstić information content (AvgIpc) is 2.11. The minimum atomic E-state index is -0.671. The summed E-state index contributed by atoms with van der Waals surface area (Å²) in [6.45, 7) is 2.77. The molecule has 0 aliphatic heterocycles. The fourth-order valence-electron chi connectivity index (χ4n) is 1.11. The zero-order valence-corrected chi connectivity index (χ0v) is 10.0. The molecule has 0 saturated carbocycles. The number of carbonyl (C=O) groups is 3. The van der Waals surface area contributed by atoms with Gasteiger partial charge in [0.15, 0.2) is 0 Å². The molecule has 1 atom stereocenters. The van der Waals surface area contributed by atoms with Crippen LogP contribution in [-0.2, 0) is 14.4 Å². The van der Waals surface area contributed by atoms with Crippen LogP contribution in [0, 0.1) is 0 Å². The standard InChI is InChI=1S/C9H16N2O3S/c1-6(12)4-11(3)9(14)8(5-15)10-7(2)13/h8,15H,4-5H2,1-3H3,(H,10,13)/t8-/m0/s1. The third kappa shape index (κ3) is 5.41. The van der Waals surface area contributed by atoms with Crippen molar-refractivity contribution in [2.75, 3.05) is 19.3 Å². The maximum atomic E-state index is 11.7. The van der Waals surface area contributed by atoms with Crippen LogP contribution in [0.4, 0.5) is 0 Å². The number of amides is 2. The molecule has 0 heterocycles. The lowest BCUT2D eigenvalue weighted by atomic mass is 10.2. The zero-order chi connectivity index (χ0) is 12.0. The zero-order valence-electron chi connectivity index (χ0n) is 9.11. The summed E-state index contributed by atoms with van der Waals surface area (Å²) in [4.78, 5) is 34.5. The Bertz CT molecular complexity index is 268. The Labute approximate surface area is 94.6 Å². The number of nitrogens with zero attached hydrogens (tertiary/aromatic N) is 1. The molecule has 86 valence electrons. The van der Waals surface area contributed by atoms with Crippen molar-refractivity contribution >= 4 is 30.2 Å². The van der Waals surface area contributed by atoms with Crippen LogP contribution in [0.3, 0.4) is 0 Å². The molecule has 15 heavy (non-hydrogen) atoms. The fourth-order valence-corrected chi connectivity index (χ4v) is 1.36. The summed E-state index contributed by atoms with van der Waals surface area (Å²) in [5.41, 5.74) is 0. The molecule has 2 amide bonds. The second-order valence-electron chi connectivity index (χ2n) is 3.33. The van der Waals surface area contributed by atoms with Crippen LogP contribution in [0.15, 0.2) is 0 Å². The maximum absolute atomic E-state index is 11.7. The number of hydrogen-bond acceptors (Lipinski definition) is 4. The molecule has 0 aliphatic rings. The topological polar surface area (TPSA) is 66.5 Å². The predicted molar refractivity (Wildman–Crippen MR) is 59.8 cm³/mol. The number of carbonyl (C=O) groups excluding carboxylic acids is 3. The third-order valence-electron chi connectivity index (χ3n) is 1.69. The number of hydrogen-bond donors (Lipinski definition) is 2. The quantitative estimate of drug-likeness (QED) is 0.626. The largest absolute Gasteiger partial charge is 0.344 e. The number of thiol groups is 1. The lowest BCUT2D eigenvalue weighted by Gasteiger charge is -2.22. The molecule has 0 unspecified atom stereocenters. The van der Waals surface area contributed by atoms with E-state index in [4.69, 9.17) is 0 Å². The van der Waals surface area contributed by atoms with Crippen molar-refractivity contribution in [1.82, 2.24) is 10.2 Å². The summed E-state index contributed by atoms with van der Waals surface area (Å²) in [5.74, 6) is -0.499. The van der Waals surface area contributed by atoms with Crippen LogP contribution in [-0.4, -0.2) is 47.9 Å². The maximum Gasteiger partial charge on any atom is 0.246 e. The van der Waals surface area contributed by atoms with E-state index in [9.17, 15) is 14.4 Å². The molecule has 0 rings (SSSR count). The highest BCUT2D eigenvalue weighted by Crippen LogP contribution is 1.96. The Morgan fingerprint density at radius 3 is 2.20 bits per heavy atom. The summed E-state index contributed by atoms with van der Waals surface area (Å²) in [5, 5.41) is 2.47. The van der Waals surface area contributed by atoms with Crippen molar-refractivity contribution in [3.05, 3.63) is 0 Å². The highest BCUT2D eigenvalue weighted by Gasteiger charge is 2.21. The van der Waals surface area contributed by atoms with E-state index in [0.29, 0.717) is 0 Å². The Balaban J connectivity index is 4.36. The lowest BCUT2D eigenvalue weighted by molar-refractivity contribution is -0.136. The fraction of sp³-hybridized carbons (Fsp3) is 0.667. The number of ketones is 1. The molecule has 0 bridgehead atoms. The Kier molecular flexibility index (Phi) is 6.00. The monoisotopic (exact) mass is 232 g/mol. The smallest absolute Gasteiger partial charge is 0.246 e. The van der Waals surface area contributed by atoms with Gasteiger partial charge in [0, 0.05) is 19.7 Å². The minimum Gasteiger partial charge on any atom is -0.344 e. The number of Topliss-reactive ketones (excluding diaryl/α,β-unsaturated/α-hetero) is 1. The van der Waals surface area contributed by atoms with Gasteiger partial charge in [0.2, 0.25) is 11.8 Å². The van der Waals surface area contributed by atoms with E-state index in [-0.39, 0.29) is 29.9 Å². The van der Waals surface area contributed by atoms with E-state index in [1.165, 1.54) is 25.8 Å². The van der Waals surface area contributed by atoms with Gasteiger partial charge >= 0.3 is 0 Å². The molecular formula is C9H16N2O3S. The van der Waals surface area contributed by atoms with Crippen LogP contribution in [0.2, 0.25) is 0 Å². The molecule has 0 aromatic rings. The van der Waals surface area contributed by atoms with Crippen LogP contribution in [0.5, 0.6) is 0 Å². The summed E-state index contributed by atoms with van der Waals surface area (Å²) in [6, 6.07) is -0.671. The number of nitrogens with one attached hydrogen (secondary N) is 1. The van der Waals surface area contributed by atoms with Gasteiger partial charge in [0.25, 0.3) is 0 Å². The van der Waals surface area contributed by atoms with E-state index in [2.05, 4.69) is 17.9 Å². The van der Waals surface area contributed by atoms with Crippen LogP contribution >= 0.6 is 12.6 Å². The van der Waals surface area contributed by atoms with Crippen molar-refractivity contribution in [1.29, 1.82) is 0 Å². The second-order valence-corrected chi connectivity index (χ2v) is 3.70. The van der Waals surface area contributed by atoms with Gasteiger partial charge in [-0.3, -0.25) is 14.4 Å². The Morgan fingerprint density at radius 2 is 1.87 bits per heavy atom. The molecule has 0 fully saturated rings. The molecule has 0 aromatic carbocycles. The van der Waals surface area contributed by atoms with Gasteiger partial charge in [-0.05, 0) is 6.92 Å². The normalized spacial score (nSPS) is 11.7. The molecular weight excluding hydrogens is 216 g/mol. The van der Waals surface area contributed by atoms with Gasteiger partial charge in [-0.25, -0.2) is 0 Å². The number of likely N-dealkylation sites (N-methyl/N-ethyl adjacent to an activating group) is 1. The van der Waals surface area contributed by atoms with E-state index < -0.39 is 6.04 Å². The highest BCUT2D eigenvalue weighted by molar-refractivity contribution is 7.80. The third-order valence-corrected chi connectivity index (χ3v) is 2.06. The van der Waals surface area contributed by atoms with Crippen molar-refractivity contribution in [2.24, 2.45) is 0 Å². The van der Waals surface area contributed by atoms with Crippen molar-refractivity contribution in [2.45, 2.75) is 19.9 Å². The van der Waals surface area contributed by atoms with Gasteiger partial charge < -0.3 is 10.2 Å². The lowest BCUT2D eigenvalue weighted by Crippen LogP contribution is -2.48. The molecule has 5 nitrogen and oxygen atoms in total. The SMILES string of the molecule is CC(=O)CN(C)C(=O)[C@H](CS)NC(C)=O. The first-order chi connectivity index (χ1) is 6.88. The van der Waals surface area contributed by atoms with Gasteiger partial charge in [-0.1, -0.05) is 0 Å². The minimum absolute atomic E-state index is 0.0443. The Morgan fingerprint density at radius 1 is 1.33 bits per heavy atom. The summed E-state index contributed by atoms with van der Waals surface area (Å²) >= 11 is 3.97. The van der Waals surface area contributed by atoms with Crippen molar-refractivity contribution in [3.8, 4) is 0 Å². The predicted octanol–water partition coefficient (Wildman–Crippen LogP) is -0.532. The van der Waals surface area contributed by atoms with E-state index >= 15 is 0 Å². The van der Waals surface area contributed by atoms with Crippen LogP contribution in [0.1, 0.15) is 13.8 Å². The van der Waals surface area contributed by atoms with Crippen LogP contribution < -0.4 is 5.32 Å². The highest BCUT2D eigenvalue weighted by atomic mass is 32.1. The molecule has 0 saturated heterocycles. The molecule has 6 heteroatoms. The molecule has 0 radical (unpaired) electrons. The van der Waals surface area contributed by atoms with Gasteiger partial charge in [-0.2, -0.15) is 12.6 Å². The molecule has 0 spiro atoms. The Hall–Kier alpha value is -1.04. The van der Waals surface area contributed by atoms with Crippen molar-refractivity contribution < 1.29 is 14.4 Å². The van der Waals surface area contributed by atoms with E-state index in [1.807, 2.05) is 0 Å². The average molecular weight is 232 g/mol. The summed E-state index contributed by atoms with van der Waals surface area (Å²) in [6.07, 6.45) is 0. The second kappa shape index (κ2) is 6.44. The van der Waals surface area contributed by atoms with Gasteiger partial charge in [-0.15, -0.1) is 0 Å². The molecule has 1 N–H and O–H groups in total. The van der Waals surface area contributed by atoms with Crippen molar-refractivity contribution in [3.63, 3.8) is 0 Å². The van der Waals surface area contributed by atoms with Crippen LogP contribution in [0.25, 0.3) is 0 Å². The summed E-state index contributed by atoms with van der Waals surface area (Å²) < 4.78 is 0. The van der Waals surface area contributed by atoms with E-state index in [0.717, 1.165) is 0 Å². The first-order valence-corrected chi connectivity index (χ1v) is 5.14.